The highest BCUT2D eigenvalue weighted by molar-refractivity contribution is 5.84. The van der Waals surface area contributed by atoms with E-state index in [9.17, 15) is 4.39 Å². The van der Waals surface area contributed by atoms with Crippen molar-refractivity contribution in [3.05, 3.63) is 65.9 Å². The number of nitrogens with two attached hydrogens (primary N) is 1. The zero-order chi connectivity index (χ0) is 19.3. The van der Waals surface area contributed by atoms with Gasteiger partial charge in [0.25, 0.3) is 0 Å². The lowest BCUT2D eigenvalue weighted by molar-refractivity contribution is 0.226. The van der Waals surface area contributed by atoms with E-state index in [0.717, 1.165) is 61.1 Å². The van der Waals surface area contributed by atoms with Gasteiger partial charge in [0.15, 0.2) is 0 Å². The standard InChI is InChI=1S/C22H26FN5/c23-19-7-8-20-18(15-19)9-12-25-21(20)16-27(13-2-1-10-24)28-14-4-6-17-5-3-11-26-22(17)28/h3,5,7-9,11-12,15H,1-2,4,6,10,13-14,16,24H2. The molecule has 0 unspecified atom stereocenters. The van der Waals surface area contributed by atoms with Gasteiger partial charge in [-0.2, -0.15) is 0 Å². The van der Waals surface area contributed by atoms with Crippen LogP contribution in [-0.2, 0) is 13.0 Å². The molecule has 28 heavy (non-hydrogen) atoms. The van der Waals surface area contributed by atoms with Gasteiger partial charge in [0, 0.05) is 30.9 Å². The third kappa shape index (κ3) is 3.98. The number of anilines is 1. The highest BCUT2D eigenvalue weighted by Gasteiger charge is 2.24. The van der Waals surface area contributed by atoms with Crippen LogP contribution in [0.5, 0.6) is 0 Å². The summed E-state index contributed by atoms with van der Waals surface area (Å²) in [5.74, 6) is 0.811. The normalized spacial score (nSPS) is 13.9. The Kier molecular flexibility index (Phi) is 5.78. The van der Waals surface area contributed by atoms with Crippen molar-refractivity contribution in [2.45, 2.75) is 32.2 Å². The van der Waals surface area contributed by atoms with Crippen molar-refractivity contribution < 1.29 is 4.39 Å². The summed E-state index contributed by atoms with van der Waals surface area (Å²) in [7, 11) is 0. The van der Waals surface area contributed by atoms with Gasteiger partial charge in [-0.3, -0.25) is 9.99 Å². The Hall–Kier alpha value is -2.57. The van der Waals surface area contributed by atoms with Crippen LogP contribution in [0.3, 0.4) is 0 Å². The molecule has 0 radical (unpaired) electrons. The molecule has 1 aliphatic rings. The molecule has 3 heterocycles. The van der Waals surface area contributed by atoms with Crippen LogP contribution in [0, 0.1) is 5.82 Å². The fourth-order valence-electron chi connectivity index (χ4n) is 3.89. The lowest BCUT2D eigenvalue weighted by atomic mass is 10.1. The number of fused-ring (bicyclic) bond motifs is 2. The van der Waals surface area contributed by atoms with Crippen LogP contribution in [0.1, 0.15) is 30.5 Å². The Morgan fingerprint density at radius 1 is 1.11 bits per heavy atom. The number of hydrogen-bond donors (Lipinski definition) is 1. The van der Waals surface area contributed by atoms with Crippen molar-refractivity contribution in [2.24, 2.45) is 5.73 Å². The number of aryl methyl sites for hydroxylation is 1. The summed E-state index contributed by atoms with van der Waals surface area (Å²) < 4.78 is 13.6. The molecule has 2 N–H and O–H groups in total. The maximum absolute atomic E-state index is 13.6. The molecule has 0 saturated heterocycles. The van der Waals surface area contributed by atoms with Crippen LogP contribution >= 0.6 is 0 Å². The highest BCUT2D eigenvalue weighted by atomic mass is 19.1. The SMILES string of the molecule is NCCCCN(Cc1nccc2cc(F)ccc12)N1CCCc2cccnc21. The van der Waals surface area contributed by atoms with Crippen LogP contribution in [0.2, 0.25) is 0 Å². The van der Waals surface area contributed by atoms with Crippen molar-refractivity contribution in [1.82, 2.24) is 15.0 Å². The van der Waals surface area contributed by atoms with Gasteiger partial charge < -0.3 is 5.73 Å². The Morgan fingerprint density at radius 3 is 2.93 bits per heavy atom. The van der Waals surface area contributed by atoms with Gasteiger partial charge >= 0.3 is 0 Å². The molecule has 1 aliphatic heterocycles. The van der Waals surface area contributed by atoms with E-state index in [2.05, 4.69) is 26.1 Å². The Balaban J connectivity index is 1.66. The Morgan fingerprint density at radius 2 is 2.04 bits per heavy atom. The van der Waals surface area contributed by atoms with Gasteiger partial charge in [0.1, 0.15) is 11.6 Å². The minimum absolute atomic E-state index is 0.224. The van der Waals surface area contributed by atoms with Crippen LogP contribution in [0.15, 0.2) is 48.8 Å². The second-order valence-corrected chi connectivity index (χ2v) is 7.22. The average molecular weight is 379 g/mol. The fourth-order valence-corrected chi connectivity index (χ4v) is 3.89. The molecular weight excluding hydrogens is 353 g/mol. The second-order valence-electron chi connectivity index (χ2n) is 7.22. The lowest BCUT2D eigenvalue weighted by Crippen LogP contribution is -2.46. The zero-order valence-electron chi connectivity index (χ0n) is 16.0. The second kappa shape index (κ2) is 8.63. The van der Waals surface area contributed by atoms with Gasteiger partial charge in [-0.25, -0.2) is 14.4 Å². The first-order valence-electron chi connectivity index (χ1n) is 9.96. The summed E-state index contributed by atoms with van der Waals surface area (Å²) in [4.78, 5) is 9.27. The molecule has 2 aromatic heterocycles. The predicted octanol–water partition coefficient (Wildman–Crippen LogP) is 3.68. The van der Waals surface area contributed by atoms with E-state index in [4.69, 9.17) is 5.73 Å². The number of unbranched alkanes of at least 4 members (excludes halogenated alkanes) is 1. The van der Waals surface area contributed by atoms with E-state index in [1.54, 1.807) is 12.3 Å². The molecule has 0 amide bonds. The molecule has 3 aromatic rings. The number of hydrazine groups is 1. The number of aromatic nitrogens is 2. The van der Waals surface area contributed by atoms with Crippen LogP contribution in [-0.4, -0.2) is 34.6 Å². The summed E-state index contributed by atoms with van der Waals surface area (Å²) in [6.45, 7) is 3.16. The van der Waals surface area contributed by atoms with Crippen LogP contribution in [0.25, 0.3) is 10.8 Å². The molecule has 0 atom stereocenters. The first-order chi connectivity index (χ1) is 13.8. The maximum atomic E-state index is 13.6. The molecule has 1 aromatic carbocycles. The van der Waals surface area contributed by atoms with E-state index in [1.165, 1.54) is 11.6 Å². The molecule has 146 valence electrons. The zero-order valence-corrected chi connectivity index (χ0v) is 16.0. The maximum Gasteiger partial charge on any atom is 0.146 e. The van der Waals surface area contributed by atoms with Crippen molar-refractivity contribution >= 4 is 16.6 Å². The average Bonchev–Trinajstić information content (AvgIpc) is 2.72. The van der Waals surface area contributed by atoms with Gasteiger partial charge in [-0.15, -0.1) is 0 Å². The number of nitrogens with zero attached hydrogens (tertiary/aromatic N) is 4. The van der Waals surface area contributed by atoms with E-state index in [-0.39, 0.29) is 5.82 Å². The van der Waals surface area contributed by atoms with Crippen molar-refractivity contribution in [3.8, 4) is 0 Å². The minimum Gasteiger partial charge on any atom is -0.330 e. The number of hydrogen-bond acceptors (Lipinski definition) is 5. The molecule has 0 aliphatic carbocycles. The Bertz CT molecular complexity index is 945. The summed E-state index contributed by atoms with van der Waals surface area (Å²) in [6.07, 6.45) is 7.76. The van der Waals surface area contributed by atoms with Gasteiger partial charge in [-0.05, 0) is 73.5 Å². The molecule has 0 bridgehead atoms. The van der Waals surface area contributed by atoms with Crippen molar-refractivity contribution in [1.29, 1.82) is 0 Å². The molecular formula is C22H26FN5. The van der Waals surface area contributed by atoms with Crippen molar-refractivity contribution in [2.75, 3.05) is 24.6 Å². The number of rotatable bonds is 7. The molecule has 0 saturated carbocycles. The Labute approximate surface area is 165 Å². The van der Waals surface area contributed by atoms with Crippen LogP contribution < -0.4 is 10.7 Å². The van der Waals surface area contributed by atoms with E-state index < -0.39 is 0 Å². The van der Waals surface area contributed by atoms with Gasteiger partial charge in [-0.1, -0.05) is 6.07 Å². The van der Waals surface area contributed by atoms with E-state index in [0.29, 0.717) is 13.1 Å². The number of pyridine rings is 2. The lowest BCUT2D eigenvalue weighted by Gasteiger charge is -2.39. The third-order valence-electron chi connectivity index (χ3n) is 5.28. The molecule has 0 fully saturated rings. The summed E-state index contributed by atoms with van der Waals surface area (Å²) in [6, 6.07) is 10.9. The minimum atomic E-state index is -0.224. The number of benzene rings is 1. The summed E-state index contributed by atoms with van der Waals surface area (Å²) >= 11 is 0. The largest absolute Gasteiger partial charge is 0.330 e. The highest BCUT2D eigenvalue weighted by Crippen LogP contribution is 2.28. The predicted molar refractivity (Wildman–Crippen MR) is 110 cm³/mol. The fraction of sp³-hybridized carbons (Fsp3) is 0.364. The molecule has 0 spiro atoms. The summed E-state index contributed by atoms with van der Waals surface area (Å²) in [5.41, 5.74) is 7.95. The van der Waals surface area contributed by atoms with E-state index >= 15 is 0 Å². The monoisotopic (exact) mass is 379 g/mol. The van der Waals surface area contributed by atoms with Gasteiger partial charge in [0.05, 0.1) is 12.2 Å². The smallest absolute Gasteiger partial charge is 0.146 e. The van der Waals surface area contributed by atoms with Gasteiger partial charge in [0.2, 0.25) is 0 Å². The quantitative estimate of drug-likeness (QED) is 0.635. The first kappa shape index (κ1) is 18.8. The summed E-state index contributed by atoms with van der Waals surface area (Å²) in [5, 5.41) is 6.49. The molecule has 4 rings (SSSR count). The van der Waals surface area contributed by atoms with Crippen LogP contribution in [0.4, 0.5) is 10.2 Å². The third-order valence-corrected chi connectivity index (χ3v) is 5.28. The molecule has 6 heteroatoms. The molecule has 5 nitrogen and oxygen atoms in total. The number of halogens is 1. The van der Waals surface area contributed by atoms with Crippen molar-refractivity contribution in [3.63, 3.8) is 0 Å². The van der Waals surface area contributed by atoms with E-state index in [1.807, 2.05) is 24.4 Å². The first-order valence-corrected chi connectivity index (χ1v) is 9.96. The topological polar surface area (TPSA) is 58.3 Å².